The van der Waals surface area contributed by atoms with Crippen LogP contribution in [-0.2, 0) is 4.43 Å². The monoisotopic (exact) mass is 283 g/mol. The number of rotatable bonds is 4. The van der Waals surface area contributed by atoms with Crippen molar-refractivity contribution in [2.45, 2.75) is 39.3 Å². The standard InChI is InChI=1S/C12H21NO3Si2/c1-17(2,3)15-10-8-7-9-13-11(10)12(14)16-18(4,5)6/h7-9H,1-6H3. The molecule has 1 aromatic rings. The Balaban J connectivity index is 2.99. The van der Waals surface area contributed by atoms with E-state index in [0.717, 1.165) is 0 Å². The van der Waals surface area contributed by atoms with Crippen LogP contribution in [0.1, 0.15) is 10.5 Å². The molecule has 0 saturated heterocycles. The Labute approximate surface area is 111 Å². The Morgan fingerprint density at radius 3 is 2.22 bits per heavy atom. The first-order chi connectivity index (χ1) is 8.08. The predicted octanol–water partition coefficient (Wildman–Crippen LogP) is 3.29. The number of carbonyl (C=O) groups is 1. The third-order valence-electron chi connectivity index (χ3n) is 1.78. The van der Waals surface area contributed by atoms with Crippen molar-refractivity contribution in [3.05, 3.63) is 24.0 Å². The highest BCUT2D eigenvalue weighted by Gasteiger charge is 2.26. The van der Waals surface area contributed by atoms with Crippen LogP contribution in [0.3, 0.4) is 0 Å². The summed E-state index contributed by atoms with van der Waals surface area (Å²) >= 11 is 0. The average molecular weight is 283 g/mol. The lowest BCUT2D eigenvalue weighted by Crippen LogP contribution is -2.32. The van der Waals surface area contributed by atoms with Crippen molar-refractivity contribution in [1.29, 1.82) is 0 Å². The molecule has 0 saturated carbocycles. The number of hydrogen-bond acceptors (Lipinski definition) is 4. The van der Waals surface area contributed by atoms with Crippen LogP contribution >= 0.6 is 0 Å². The number of nitrogens with zero attached hydrogens (tertiary/aromatic N) is 1. The molecule has 0 radical (unpaired) electrons. The van der Waals surface area contributed by atoms with Gasteiger partial charge in [0.1, 0.15) is 5.75 Å². The number of pyridine rings is 1. The lowest BCUT2D eigenvalue weighted by Gasteiger charge is -2.22. The Morgan fingerprint density at radius 1 is 1.11 bits per heavy atom. The second-order valence-electron chi connectivity index (χ2n) is 6.07. The van der Waals surface area contributed by atoms with Crippen molar-refractivity contribution in [2.24, 2.45) is 0 Å². The normalized spacial score (nSPS) is 12.1. The van der Waals surface area contributed by atoms with Crippen molar-refractivity contribution >= 4 is 22.6 Å². The summed E-state index contributed by atoms with van der Waals surface area (Å²) in [7, 11) is -3.69. The average Bonchev–Trinajstić information content (AvgIpc) is 2.12. The summed E-state index contributed by atoms with van der Waals surface area (Å²) in [6, 6.07) is 3.53. The first-order valence-electron chi connectivity index (χ1n) is 5.96. The van der Waals surface area contributed by atoms with E-state index in [2.05, 4.69) is 24.6 Å². The molecule has 0 bridgehead atoms. The minimum atomic E-state index is -1.92. The molecule has 0 aliphatic carbocycles. The lowest BCUT2D eigenvalue weighted by molar-refractivity contribution is 0.0716. The van der Waals surface area contributed by atoms with Gasteiger partial charge in [-0.15, -0.1) is 0 Å². The molecule has 0 atom stereocenters. The fourth-order valence-electron chi connectivity index (χ4n) is 1.28. The van der Waals surface area contributed by atoms with Crippen molar-refractivity contribution in [1.82, 2.24) is 4.98 Å². The smallest absolute Gasteiger partial charge is 0.347 e. The fourth-order valence-corrected chi connectivity index (χ4v) is 2.76. The Kier molecular flexibility index (Phi) is 4.34. The summed E-state index contributed by atoms with van der Waals surface area (Å²) < 4.78 is 11.3. The topological polar surface area (TPSA) is 48.4 Å². The summed E-state index contributed by atoms with van der Waals surface area (Å²) in [4.78, 5) is 16.1. The second kappa shape index (κ2) is 5.23. The van der Waals surface area contributed by atoms with Gasteiger partial charge in [0.25, 0.3) is 0 Å². The van der Waals surface area contributed by atoms with E-state index in [9.17, 15) is 4.79 Å². The molecule has 6 heteroatoms. The number of aromatic nitrogens is 1. The van der Waals surface area contributed by atoms with Crippen LogP contribution in [0.15, 0.2) is 18.3 Å². The molecule has 0 aliphatic rings. The molecular formula is C12H21NO3Si2. The van der Waals surface area contributed by atoms with E-state index < -0.39 is 16.6 Å². The van der Waals surface area contributed by atoms with E-state index in [1.807, 2.05) is 19.6 Å². The molecule has 0 amide bonds. The number of carbonyl (C=O) groups excluding carboxylic acids is 1. The molecule has 100 valence electrons. The molecule has 18 heavy (non-hydrogen) atoms. The maximum atomic E-state index is 12.1. The van der Waals surface area contributed by atoms with Gasteiger partial charge in [-0.3, -0.25) is 0 Å². The molecule has 0 N–H and O–H groups in total. The molecular weight excluding hydrogens is 262 g/mol. The van der Waals surface area contributed by atoms with Gasteiger partial charge in [-0.05, 0) is 51.4 Å². The van der Waals surface area contributed by atoms with E-state index in [-0.39, 0.29) is 11.7 Å². The summed E-state index contributed by atoms with van der Waals surface area (Å²) in [5.41, 5.74) is 0.280. The molecule has 1 aromatic heterocycles. The van der Waals surface area contributed by atoms with E-state index >= 15 is 0 Å². The Hall–Kier alpha value is -1.15. The molecule has 0 aromatic carbocycles. The Bertz CT molecular complexity index is 436. The van der Waals surface area contributed by atoms with E-state index in [4.69, 9.17) is 8.85 Å². The third-order valence-corrected chi connectivity index (χ3v) is 3.41. The highest BCUT2D eigenvalue weighted by atomic mass is 28.4. The predicted molar refractivity (Wildman–Crippen MR) is 77.0 cm³/mol. The summed E-state index contributed by atoms with van der Waals surface area (Å²) in [5.74, 6) is 0.142. The van der Waals surface area contributed by atoms with Gasteiger partial charge in [0.15, 0.2) is 5.69 Å². The maximum absolute atomic E-state index is 12.1. The third kappa shape index (κ3) is 5.01. The van der Waals surface area contributed by atoms with Gasteiger partial charge in [-0.2, -0.15) is 0 Å². The summed E-state index contributed by atoms with van der Waals surface area (Å²) in [6.45, 7) is 12.1. The maximum Gasteiger partial charge on any atom is 0.347 e. The van der Waals surface area contributed by atoms with Gasteiger partial charge in [0, 0.05) is 6.20 Å². The van der Waals surface area contributed by atoms with Gasteiger partial charge < -0.3 is 8.85 Å². The quantitative estimate of drug-likeness (QED) is 0.796. The van der Waals surface area contributed by atoms with E-state index in [0.29, 0.717) is 5.75 Å². The van der Waals surface area contributed by atoms with Crippen LogP contribution in [0.5, 0.6) is 5.75 Å². The largest absolute Gasteiger partial charge is 0.543 e. The SMILES string of the molecule is C[Si](C)(C)OC(=O)c1ncccc1O[Si](C)(C)C. The molecule has 0 aliphatic heterocycles. The zero-order valence-electron chi connectivity index (χ0n) is 11.9. The zero-order chi connectivity index (χ0) is 14.0. The minimum Gasteiger partial charge on any atom is -0.543 e. The highest BCUT2D eigenvalue weighted by molar-refractivity contribution is 6.71. The van der Waals surface area contributed by atoms with Gasteiger partial charge in [-0.25, -0.2) is 9.78 Å². The van der Waals surface area contributed by atoms with Gasteiger partial charge >= 0.3 is 5.97 Å². The fraction of sp³-hybridized carbons (Fsp3) is 0.500. The molecule has 0 unspecified atom stereocenters. The first kappa shape index (κ1) is 14.9. The van der Waals surface area contributed by atoms with Crippen molar-refractivity contribution in [3.63, 3.8) is 0 Å². The molecule has 4 nitrogen and oxygen atoms in total. The first-order valence-corrected chi connectivity index (χ1v) is 12.8. The Morgan fingerprint density at radius 2 is 1.72 bits per heavy atom. The molecule has 0 fully saturated rings. The minimum absolute atomic E-state index is 0.280. The van der Waals surface area contributed by atoms with Crippen LogP contribution in [0.2, 0.25) is 39.3 Å². The lowest BCUT2D eigenvalue weighted by atomic mass is 10.3. The van der Waals surface area contributed by atoms with Gasteiger partial charge in [0.2, 0.25) is 16.6 Å². The number of hydrogen-bond donors (Lipinski definition) is 0. The van der Waals surface area contributed by atoms with E-state index in [1.54, 1.807) is 18.3 Å². The zero-order valence-corrected chi connectivity index (χ0v) is 13.9. The van der Waals surface area contributed by atoms with Crippen LogP contribution < -0.4 is 4.43 Å². The van der Waals surface area contributed by atoms with Crippen molar-refractivity contribution < 1.29 is 13.6 Å². The second-order valence-corrected chi connectivity index (χ2v) is 14.9. The van der Waals surface area contributed by atoms with Crippen LogP contribution in [0.4, 0.5) is 0 Å². The summed E-state index contributed by atoms with van der Waals surface area (Å²) in [6.07, 6.45) is 1.58. The van der Waals surface area contributed by atoms with Gasteiger partial charge in [-0.1, -0.05) is 0 Å². The molecule has 1 rings (SSSR count). The van der Waals surface area contributed by atoms with Gasteiger partial charge in [0.05, 0.1) is 0 Å². The van der Waals surface area contributed by atoms with Crippen LogP contribution in [0.25, 0.3) is 0 Å². The van der Waals surface area contributed by atoms with Crippen molar-refractivity contribution in [3.8, 4) is 5.75 Å². The van der Waals surface area contributed by atoms with Crippen molar-refractivity contribution in [2.75, 3.05) is 0 Å². The summed E-state index contributed by atoms with van der Waals surface area (Å²) in [5, 5.41) is 0. The molecule has 0 spiro atoms. The van der Waals surface area contributed by atoms with Crippen LogP contribution in [-0.4, -0.2) is 27.6 Å². The molecule has 1 heterocycles. The van der Waals surface area contributed by atoms with E-state index in [1.165, 1.54) is 0 Å². The van der Waals surface area contributed by atoms with Crippen LogP contribution in [0, 0.1) is 0 Å². The highest BCUT2D eigenvalue weighted by Crippen LogP contribution is 2.21.